The van der Waals surface area contributed by atoms with Crippen LogP contribution in [0.2, 0.25) is 0 Å². The Morgan fingerprint density at radius 1 is 1.44 bits per heavy atom. The number of ether oxygens (including phenoxy) is 1. The monoisotopic (exact) mass is 232 g/mol. The van der Waals surface area contributed by atoms with E-state index in [-0.39, 0.29) is 12.1 Å². The molecule has 0 radical (unpaired) electrons. The standard InChI is InChI=1S/C10H20N2O4/c1-10(2,3)15-9(13)12-7-4-6(11)5-8(7)16-14/h6-8,14H,4-5,11H2,1-3H3,(H,12,13). The van der Waals surface area contributed by atoms with Crippen LogP contribution in [0.3, 0.4) is 0 Å². The third kappa shape index (κ3) is 3.96. The SMILES string of the molecule is CC(C)(C)OC(=O)NC1CC(N)CC1OO. The van der Waals surface area contributed by atoms with Gasteiger partial charge in [-0.25, -0.2) is 9.68 Å². The Kier molecular flexibility index (Phi) is 4.12. The van der Waals surface area contributed by atoms with Crippen LogP contribution in [0.1, 0.15) is 33.6 Å². The number of carbonyl (C=O) groups excluding carboxylic acids is 1. The second kappa shape index (κ2) is 4.99. The molecular weight excluding hydrogens is 212 g/mol. The Bertz CT molecular complexity index is 252. The van der Waals surface area contributed by atoms with Crippen LogP contribution in [-0.2, 0) is 9.62 Å². The number of nitrogens with two attached hydrogens (primary N) is 1. The van der Waals surface area contributed by atoms with Crippen molar-refractivity contribution in [3.05, 3.63) is 0 Å². The summed E-state index contributed by atoms with van der Waals surface area (Å²) in [5.41, 5.74) is 5.17. The molecule has 1 rings (SSSR count). The van der Waals surface area contributed by atoms with Crippen LogP contribution in [0.4, 0.5) is 4.79 Å². The van der Waals surface area contributed by atoms with Crippen molar-refractivity contribution in [3.8, 4) is 0 Å². The molecule has 1 aliphatic carbocycles. The summed E-state index contributed by atoms with van der Waals surface area (Å²) >= 11 is 0. The van der Waals surface area contributed by atoms with Crippen LogP contribution < -0.4 is 11.1 Å². The van der Waals surface area contributed by atoms with E-state index in [1.165, 1.54) is 0 Å². The minimum Gasteiger partial charge on any atom is -0.444 e. The molecule has 16 heavy (non-hydrogen) atoms. The maximum Gasteiger partial charge on any atom is 0.407 e. The van der Waals surface area contributed by atoms with E-state index < -0.39 is 17.8 Å². The highest BCUT2D eigenvalue weighted by Gasteiger charge is 2.35. The normalized spacial score (nSPS) is 30.2. The highest BCUT2D eigenvalue weighted by molar-refractivity contribution is 5.68. The zero-order chi connectivity index (χ0) is 12.3. The average Bonchev–Trinajstić information content (AvgIpc) is 2.42. The largest absolute Gasteiger partial charge is 0.444 e. The first kappa shape index (κ1) is 13.2. The molecule has 0 aromatic carbocycles. The first-order valence-electron chi connectivity index (χ1n) is 5.37. The van der Waals surface area contributed by atoms with Crippen molar-refractivity contribution >= 4 is 6.09 Å². The van der Waals surface area contributed by atoms with Crippen molar-refractivity contribution in [2.75, 3.05) is 0 Å². The zero-order valence-corrected chi connectivity index (χ0v) is 9.90. The molecule has 1 saturated carbocycles. The molecule has 6 nitrogen and oxygen atoms in total. The lowest BCUT2D eigenvalue weighted by molar-refractivity contribution is -0.280. The van der Waals surface area contributed by atoms with Crippen molar-refractivity contribution in [2.24, 2.45) is 5.73 Å². The molecule has 0 aliphatic heterocycles. The van der Waals surface area contributed by atoms with Gasteiger partial charge in [-0.2, -0.15) is 0 Å². The van der Waals surface area contributed by atoms with Crippen LogP contribution in [0, 0.1) is 0 Å². The van der Waals surface area contributed by atoms with Gasteiger partial charge in [0.25, 0.3) is 0 Å². The zero-order valence-electron chi connectivity index (χ0n) is 9.90. The summed E-state index contributed by atoms with van der Waals surface area (Å²) in [5, 5.41) is 11.3. The molecule has 0 spiro atoms. The molecule has 3 atom stereocenters. The van der Waals surface area contributed by atoms with Crippen molar-refractivity contribution in [1.82, 2.24) is 5.32 Å². The molecule has 1 aliphatic rings. The molecule has 0 bridgehead atoms. The van der Waals surface area contributed by atoms with E-state index in [2.05, 4.69) is 10.2 Å². The molecule has 1 fully saturated rings. The van der Waals surface area contributed by atoms with Crippen molar-refractivity contribution < 1.29 is 19.7 Å². The predicted octanol–water partition coefficient (Wildman–Crippen LogP) is 0.859. The molecule has 0 saturated heterocycles. The molecule has 0 aromatic heterocycles. The van der Waals surface area contributed by atoms with Gasteiger partial charge in [0.1, 0.15) is 11.7 Å². The van der Waals surface area contributed by atoms with Crippen molar-refractivity contribution in [1.29, 1.82) is 0 Å². The molecule has 94 valence electrons. The Labute approximate surface area is 95.0 Å². The van der Waals surface area contributed by atoms with Crippen molar-refractivity contribution in [2.45, 2.75) is 57.4 Å². The maximum absolute atomic E-state index is 11.5. The minimum absolute atomic E-state index is 0.0721. The summed E-state index contributed by atoms with van der Waals surface area (Å²) < 4.78 is 5.10. The van der Waals surface area contributed by atoms with Gasteiger partial charge in [-0.15, -0.1) is 0 Å². The summed E-state index contributed by atoms with van der Waals surface area (Å²) in [6.07, 6.45) is 0.123. The topological polar surface area (TPSA) is 93.8 Å². The summed E-state index contributed by atoms with van der Waals surface area (Å²) in [5.74, 6) is 0. The van der Waals surface area contributed by atoms with Crippen LogP contribution in [0.15, 0.2) is 0 Å². The number of carbonyl (C=O) groups is 1. The first-order chi connectivity index (χ1) is 7.31. The molecule has 4 N–H and O–H groups in total. The van der Waals surface area contributed by atoms with E-state index in [9.17, 15) is 4.79 Å². The molecule has 6 heteroatoms. The fourth-order valence-corrected chi connectivity index (χ4v) is 1.76. The van der Waals surface area contributed by atoms with Gasteiger partial charge >= 0.3 is 6.09 Å². The number of hydrogen-bond donors (Lipinski definition) is 3. The van der Waals surface area contributed by atoms with Gasteiger partial charge in [-0.3, -0.25) is 5.26 Å². The maximum atomic E-state index is 11.5. The van der Waals surface area contributed by atoms with E-state index in [4.69, 9.17) is 15.7 Å². The third-order valence-corrected chi connectivity index (χ3v) is 2.38. The molecule has 0 aromatic rings. The van der Waals surface area contributed by atoms with Crippen LogP contribution in [0.25, 0.3) is 0 Å². The summed E-state index contributed by atoms with van der Waals surface area (Å²) in [7, 11) is 0. The Balaban J connectivity index is 2.44. The second-order valence-electron chi connectivity index (χ2n) is 5.13. The summed E-state index contributed by atoms with van der Waals surface area (Å²) in [6, 6.07) is -0.369. The smallest absolute Gasteiger partial charge is 0.407 e. The van der Waals surface area contributed by atoms with Crippen molar-refractivity contribution in [3.63, 3.8) is 0 Å². The molecule has 3 unspecified atom stereocenters. The summed E-state index contributed by atoms with van der Waals surface area (Å²) in [6.45, 7) is 5.35. The highest BCUT2D eigenvalue weighted by Crippen LogP contribution is 2.21. The Morgan fingerprint density at radius 3 is 2.56 bits per heavy atom. The average molecular weight is 232 g/mol. The van der Waals surface area contributed by atoms with Crippen LogP contribution in [-0.4, -0.2) is 35.1 Å². The second-order valence-corrected chi connectivity index (χ2v) is 5.13. The number of alkyl carbamates (subject to hydrolysis) is 1. The van der Waals surface area contributed by atoms with Crippen LogP contribution in [0.5, 0.6) is 0 Å². The summed E-state index contributed by atoms with van der Waals surface area (Å²) in [4.78, 5) is 15.7. The van der Waals surface area contributed by atoms with Gasteiger partial charge < -0.3 is 15.8 Å². The fourth-order valence-electron chi connectivity index (χ4n) is 1.76. The van der Waals surface area contributed by atoms with E-state index in [1.807, 2.05) is 0 Å². The van der Waals surface area contributed by atoms with Gasteiger partial charge in [0.05, 0.1) is 6.04 Å². The highest BCUT2D eigenvalue weighted by atomic mass is 17.1. The number of hydrogen-bond acceptors (Lipinski definition) is 5. The number of amides is 1. The van der Waals surface area contributed by atoms with E-state index in [0.717, 1.165) is 0 Å². The number of rotatable bonds is 2. The lowest BCUT2D eigenvalue weighted by atomic mass is 10.2. The lowest BCUT2D eigenvalue weighted by Crippen LogP contribution is -2.43. The third-order valence-electron chi connectivity index (χ3n) is 2.38. The van der Waals surface area contributed by atoms with Gasteiger partial charge in [-0.1, -0.05) is 0 Å². The van der Waals surface area contributed by atoms with E-state index in [0.29, 0.717) is 12.8 Å². The van der Waals surface area contributed by atoms with Gasteiger partial charge in [0.2, 0.25) is 0 Å². The van der Waals surface area contributed by atoms with Crippen LogP contribution >= 0.6 is 0 Å². The van der Waals surface area contributed by atoms with E-state index >= 15 is 0 Å². The van der Waals surface area contributed by atoms with Gasteiger partial charge in [0, 0.05) is 6.04 Å². The Hall–Kier alpha value is -0.850. The molecule has 1 amide bonds. The lowest BCUT2D eigenvalue weighted by Gasteiger charge is -2.23. The first-order valence-corrected chi connectivity index (χ1v) is 5.37. The fraction of sp³-hybridized carbons (Fsp3) is 0.900. The number of nitrogens with one attached hydrogen (secondary N) is 1. The van der Waals surface area contributed by atoms with Gasteiger partial charge in [-0.05, 0) is 33.6 Å². The predicted molar refractivity (Wildman–Crippen MR) is 57.9 cm³/mol. The molecular formula is C10H20N2O4. The van der Waals surface area contributed by atoms with Gasteiger partial charge in [0.15, 0.2) is 0 Å². The van der Waals surface area contributed by atoms with E-state index in [1.54, 1.807) is 20.8 Å². The Morgan fingerprint density at radius 2 is 2.06 bits per heavy atom. The minimum atomic E-state index is -0.541. The quantitative estimate of drug-likeness (QED) is 0.485. The molecule has 0 heterocycles.